The zero-order valence-electron chi connectivity index (χ0n) is 45.5. The third-order valence-electron chi connectivity index (χ3n) is 15.3. The minimum absolute atomic E-state index is 0.00165. The molecule has 6 atom stereocenters. The van der Waals surface area contributed by atoms with Crippen molar-refractivity contribution in [1.82, 2.24) is 45.0 Å². The highest BCUT2D eigenvalue weighted by Gasteiger charge is 2.48. The van der Waals surface area contributed by atoms with E-state index in [1.165, 1.54) is 6.07 Å². The lowest BCUT2D eigenvalue weighted by Gasteiger charge is -2.34. The summed E-state index contributed by atoms with van der Waals surface area (Å²) in [6.45, 7) is 10.9. The van der Waals surface area contributed by atoms with Crippen molar-refractivity contribution >= 4 is 56.2 Å². The standard InChI is InChI=1S/C59H66ClF2N11O9/c1-3-40-44(61)15-11-36-6-4-7-41(49(36)40)52-50(62)53-42(29-65-52)57(73-30-35(2)8-12-38(63)31-73)70-58(68-53)79-25-22-72-20-18-71(19-21-72)17-5-23-76-26-27-77-34-48(75)64-16-24-78-39-13-9-37(10-14-39)51-43(60)28-45-56(67-51)69-59(66-45)82-47-33-81-54-46(74)32-80-55(47)54/h1,4,6-7,9-11,13-15,28-29,35,38,46-47,54-55,74H,5,8,12,16-27,30-34,63H2,2H3,(H,64,75)(H,66,67,69)/t35?,38?,46-,47-,54-,55-/m1/s1. The first-order valence-electron chi connectivity index (χ1n) is 27.9. The lowest BCUT2D eigenvalue weighted by Crippen LogP contribution is -2.47. The minimum atomic E-state index is -0.679. The number of benzene rings is 3. The number of piperazine rings is 1. The molecule has 20 nitrogen and oxygen atoms in total. The lowest BCUT2D eigenvalue weighted by atomic mass is 9.96. The number of anilines is 1. The number of H-pyrrole nitrogens is 1. The van der Waals surface area contributed by atoms with Crippen LogP contribution in [-0.4, -0.2) is 193 Å². The summed E-state index contributed by atoms with van der Waals surface area (Å²) in [7, 11) is 0. The van der Waals surface area contributed by atoms with E-state index in [2.05, 4.69) is 57.8 Å². The number of hydrogen-bond donors (Lipinski definition) is 4. The van der Waals surface area contributed by atoms with Crippen LogP contribution in [0.25, 0.3) is 55.4 Å². The van der Waals surface area contributed by atoms with Crippen LogP contribution in [-0.2, 0) is 23.7 Å². The topological polar surface area (TPSA) is 230 Å². The Labute approximate surface area is 477 Å². The fourth-order valence-electron chi connectivity index (χ4n) is 11.0. The van der Waals surface area contributed by atoms with Gasteiger partial charge in [0.1, 0.15) is 66.7 Å². The van der Waals surface area contributed by atoms with Crippen LogP contribution in [0.2, 0.25) is 5.02 Å². The molecular formula is C59H66ClF2N11O9. The van der Waals surface area contributed by atoms with Gasteiger partial charge in [-0.15, -0.1) is 6.42 Å². The summed E-state index contributed by atoms with van der Waals surface area (Å²) in [5.74, 6) is 2.40. The van der Waals surface area contributed by atoms with Gasteiger partial charge in [0.05, 0.1) is 60.2 Å². The first-order valence-corrected chi connectivity index (χ1v) is 28.3. The molecule has 82 heavy (non-hydrogen) atoms. The summed E-state index contributed by atoms with van der Waals surface area (Å²) in [6.07, 6.45) is 8.14. The number of terminal acetylenes is 1. The quantitative estimate of drug-likeness (QED) is 0.0466. The van der Waals surface area contributed by atoms with E-state index in [9.17, 15) is 14.3 Å². The van der Waals surface area contributed by atoms with Crippen molar-refractivity contribution in [3.05, 3.63) is 89.1 Å². The number of halogens is 3. The fourth-order valence-corrected chi connectivity index (χ4v) is 11.3. The van der Waals surface area contributed by atoms with E-state index >= 15 is 4.39 Å². The number of aromatic amines is 1. The van der Waals surface area contributed by atoms with Crippen molar-refractivity contribution in [2.75, 3.05) is 117 Å². The second-order valence-corrected chi connectivity index (χ2v) is 21.6. The Kier molecular flexibility index (Phi) is 18.1. The van der Waals surface area contributed by atoms with E-state index in [-0.39, 0.29) is 73.3 Å². The molecule has 4 fully saturated rings. The Balaban J connectivity index is 0.570. The molecule has 4 aliphatic heterocycles. The van der Waals surface area contributed by atoms with Gasteiger partial charge in [-0.25, -0.2) is 13.8 Å². The zero-order valence-corrected chi connectivity index (χ0v) is 46.3. The predicted octanol–water partition coefficient (Wildman–Crippen LogP) is 5.78. The zero-order chi connectivity index (χ0) is 56.7. The van der Waals surface area contributed by atoms with E-state index in [1.54, 1.807) is 48.7 Å². The summed E-state index contributed by atoms with van der Waals surface area (Å²) < 4.78 is 72.6. The van der Waals surface area contributed by atoms with Crippen molar-refractivity contribution in [3.8, 4) is 52.6 Å². The molecule has 4 aliphatic rings. The molecule has 432 valence electrons. The van der Waals surface area contributed by atoms with Crippen LogP contribution < -0.4 is 30.2 Å². The fraction of sp³-hybridized carbons (Fsp3) is 0.458. The second kappa shape index (κ2) is 26.1. The molecule has 0 radical (unpaired) electrons. The average molecular weight is 1150 g/mol. The molecule has 0 bridgehead atoms. The molecule has 3 aromatic carbocycles. The Bertz CT molecular complexity index is 3410. The maximum atomic E-state index is 17.0. The SMILES string of the molecule is C#Cc1c(F)ccc2cccc(-c3ncc4c(N5CC(C)CCC(N)C5)nc(OCCN5CCN(CCCOCCOCC(=O)NCCOc6ccc(-c7nc8nc(O[C@@H]9CO[C@H]%10[C@@H]9OC[C@H]%10O)[nH]c8cc7Cl)cc6)CC5)nc4c3F)c12. The highest BCUT2D eigenvalue weighted by atomic mass is 35.5. The van der Waals surface area contributed by atoms with Gasteiger partial charge in [-0.2, -0.15) is 15.0 Å². The van der Waals surface area contributed by atoms with E-state index in [0.29, 0.717) is 114 Å². The van der Waals surface area contributed by atoms with Crippen LogP contribution >= 0.6 is 11.6 Å². The summed E-state index contributed by atoms with van der Waals surface area (Å²) in [6, 6.07) is 17.4. The molecular weight excluding hydrogens is 1080 g/mol. The molecule has 8 heterocycles. The number of nitrogens with one attached hydrogen (secondary N) is 2. The molecule has 0 aliphatic carbocycles. The van der Waals surface area contributed by atoms with Crippen molar-refractivity contribution in [1.29, 1.82) is 0 Å². The van der Waals surface area contributed by atoms with Gasteiger partial charge >= 0.3 is 6.01 Å². The molecule has 11 rings (SSSR count). The van der Waals surface area contributed by atoms with Gasteiger partial charge in [0, 0.05) is 87.7 Å². The number of nitrogens with two attached hydrogens (primary N) is 1. The van der Waals surface area contributed by atoms with E-state index in [1.807, 2.05) is 12.1 Å². The summed E-state index contributed by atoms with van der Waals surface area (Å²) in [5, 5.41) is 14.8. The first-order chi connectivity index (χ1) is 40.0. The van der Waals surface area contributed by atoms with Crippen LogP contribution in [0.15, 0.2) is 66.9 Å². The van der Waals surface area contributed by atoms with Gasteiger partial charge < -0.3 is 64.1 Å². The van der Waals surface area contributed by atoms with Gasteiger partial charge in [0.2, 0.25) is 5.91 Å². The lowest BCUT2D eigenvalue weighted by molar-refractivity contribution is -0.126. The Hall–Kier alpha value is -6.91. The Morgan fingerprint density at radius 3 is 2.54 bits per heavy atom. The van der Waals surface area contributed by atoms with Crippen LogP contribution in [0.3, 0.4) is 0 Å². The third kappa shape index (κ3) is 13.1. The first kappa shape index (κ1) is 56.9. The van der Waals surface area contributed by atoms with Crippen molar-refractivity contribution in [3.63, 3.8) is 0 Å². The number of amides is 1. The van der Waals surface area contributed by atoms with E-state index in [0.717, 1.165) is 57.5 Å². The number of carbonyl (C=O) groups is 1. The molecule has 2 unspecified atom stereocenters. The normalized spacial score (nSPS) is 21.5. The molecule has 4 saturated heterocycles. The third-order valence-corrected chi connectivity index (χ3v) is 15.6. The minimum Gasteiger partial charge on any atom is -0.492 e. The van der Waals surface area contributed by atoms with Gasteiger partial charge in [0.15, 0.2) is 17.6 Å². The second-order valence-electron chi connectivity index (χ2n) is 21.2. The molecule has 5 N–H and O–H groups in total. The number of pyridine rings is 2. The average Bonchev–Trinajstić information content (AvgIpc) is 2.96. The summed E-state index contributed by atoms with van der Waals surface area (Å²) >= 11 is 6.63. The highest BCUT2D eigenvalue weighted by molar-refractivity contribution is 6.33. The van der Waals surface area contributed by atoms with Crippen molar-refractivity contribution in [2.45, 2.75) is 56.6 Å². The monoisotopic (exact) mass is 1150 g/mol. The number of aliphatic hydroxyl groups excluding tert-OH is 1. The summed E-state index contributed by atoms with van der Waals surface area (Å²) in [5.41, 5.74) is 9.33. The van der Waals surface area contributed by atoms with Crippen LogP contribution in [0.4, 0.5) is 14.6 Å². The molecule has 23 heteroatoms. The van der Waals surface area contributed by atoms with Gasteiger partial charge in [-0.05, 0) is 67.0 Å². The number of aromatic nitrogens is 6. The molecule has 7 aromatic rings. The molecule has 0 saturated carbocycles. The number of ether oxygens (including phenoxy) is 7. The predicted molar refractivity (Wildman–Crippen MR) is 304 cm³/mol. The van der Waals surface area contributed by atoms with Crippen molar-refractivity contribution in [2.24, 2.45) is 11.7 Å². The van der Waals surface area contributed by atoms with E-state index in [4.69, 9.17) is 61.9 Å². The smallest absolute Gasteiger partial charge is 0.319 e. The maximum Gasteiger partial charge on any atom is 0.319 e. The van der Waals surface area contributed by atoms with Gasteiger partial charge in [-0.3, -0.25) is 14.7 Å². The molecule has 0 spiro atoms. The van der Waals surface area contributed by atoms with Crippen LogP contribution in [0, 0.1) is 29.9 Å². The maximum absolute atomic E-state index is 17.0. The number of hydrogen-bond acceptors (Lipinski definition) is 18. The van der Waals surface area contributed by atoms with E-state index < -0.39 is 29.9 Å². The summed E-state index contributed by atoms with van der Waals surface area (Å²) in [4.78, 5) is 45.6. The van der Waals surface area contributed by atoms with Gasteiger partial charge in [-0.1, -0.05) is 48.7 Å². The number of fused-ring (bicyclic) bond motifs is 4. The number of aliphatic hydroxyl groups is 1. The largest absolute Gasteiger partial charge is 0.492 e. The van der Waals surface area contributed by atoms with Gasteiger partial charge in [0.25, 0.3) is 6.01 Å². The van der Waals surface area contributed by atoms with Crippen LogP contribution in [0.1, 0.15) is 31.7 Å². The van der Waals surface area contributed by atoms with Crippen molar-refractivity contribution < 1.29 is 51.8 Å². The molecule has 1 amide bonds. The Morgan fingerprint density at radius 2 is 1.71 bits per heavy atom. The van der Waals surface area contributed by atoms with Crippen LogP contribution in [0.5, 0.6) is 17.8 Å². The highest BCUT2D eigenvalue weighted by Crippen LogP contribution is 2.38. The molecule has 4 aromatic heterocycles. The number of imidazole rings is 1. The number of nitrogens with zero attached hydrogens (tertiary/aromatic N) is 8. The number of carbonyl (C=O) groups excluding carboxylic acids is 1. The number of rotatable bonds is 22. The Morgan fingerprint density at radius 1 is 0.902 bits per heavy atom.